The Balaban J connectivity index is 0.00000392. The van der Waals surface area contributed by atoms with Gasteiger partial charge in [-0.2, -0.15) is 8.78 Å². The van der Waals surface area contributed by atoms with E-state index >= 15 is 0 Å². The molecule has 0 aromatic heterocycles. The summed E-state index contributed by atoms with van der Waals surface area (Å²) in [6.07, 6.45) is 2.08. The molecule has 0 spiro atoms. The second kappa shape index (κ2) is 12.0. The number of halogens is 4. The van der Waals surface area contributed by atoms with Gasteiger partial charge in [0.1, 0.15) is 11.6 Å². The van der Waals surface area contributed by atoms with Gasteiger partial charge >= 0.3 is 6.61 Å². The maximum atomic E-state index is 14.1. The summed E-state index contributed by atoms with van der Waals surface area (Å²) < 4.78 is 43.6. The number of rotatable bonds is 7. The molecule has 1 atom stereocenters. The van der Waals surface area contributed by atoms with Gasteiger partial charge in [-0.15, -0.1) is 24.0 Å². The summed E-state index contributed by atoms with van der Waals surface area (Å²) in [4.78, 5) is 17.6. The monoisotopic (exact) mass is 514 g/mol. The maximum Gasteiger partial charge on any atom is 0.387 e. The number of nitrogens with zero attached hydrogens (tertiary/aromatic N) is 2. The Labute approximate surface area is 179 Å². The number of piperidine rings is 1. The average molecular weight is 514 g/mol. The number of guanidine groups is 1. The van der Waals surface area contributed by atoms with Crippen molar-refractivity contribution in [2.24, 2.45) is 16.6 Å². The zero-order valence-corrected chi connectivity index (χ0v) is 18.0. The quantitative estimate of drug-likeness (QED) is 0.333. The summed E-state index contributed by atoms with van der Waals surface area (Å²) >= 11 is 0. The maximum absolute atomic E-state index is 14.1. The van der Waals surface area contributed by atoms with Crippen LogP contribution in [0.25, 0.3) is 0 Å². The highest BCUT2D eigenvalue weighted by molar-refractivity contribution is 14.0. The SMILES string of the molecule is CCNC(=NCc1c(F)cccc1OC(F)F)N1CCCC(CC(N)=O)C1.I. The number of alkyl halides is 2. The largest absolute Gasteiger partial charge is 0.434 e. The minimum absolute atomic E-state index is 0. The first-order valence-electron chi connectivity index (χ1n) is 8.94. The molecule has 0 saturated carbocycles. The predicted octanol–water partition coefficient (Wildman–Crippen LogP) is 3.10. The number of nitrogens with one attached hydrogen (secondary N) is 1. The summed E-state index contributed by atoms with van der Waals surface area (Å²) in [5.41, 5.74) is 5.26. The number of carbonyl (C=O) groups is 1. The van der Waals surface area contributed by atoms with Crippen molar-refractivity contribution in [3.63, 3.8) is 0 Å². The first-order chi connectivity index (χ1) is 12.9. The van der Waals surface area contributed by atoms with Gasteiger partial charge in [0.2, 0.25) is 5.91 Å². The van der Waals surface area contributed by atoms with Gasteiger partial charge in [-0.25, -0.2) is 9.38 Å². The van der Waals surface area contributed by atoms with E-state index in [0.717, 1.165) is 19.4 Å². The Morgan fingerprint density at radius 3 is 2.86 bits per heavy atom. The Bertz CT molecular complexity index is 676. The minimum atomic E-state index is -3.04. The second-order valence-electron chi connectivity index (χ2n) is 6.39. The molecular weight excluding hydrogens is 488 g/mol. The molecule has 1 aliphatic heterocycles. The minimum Gasteiger partial charge on any atom is -0.434 e. The number of amides is 1. The zero-order chi connectivity index (χ0) is 19.8. The number of ether oxygens (including phenoxy) is 1. The van der Waals surface area contributed by atoms with E-state index < -0.39 is 12.4 Å². The van der Waals surface area contributed by atoms with E-state index in [9.17, 15) is 18.0 Å². The Kier molecular flexibility index (Phi) is 10.4. The summed E-state index contributed by atoms with van der Waals surface area (Å²) in [5.74, 6) is -0.555. The van der Waals surface area contributed by atoms with Crippen molar-refractivity contribution >= 4 is 35.8 Å². The molecule has 1 fully saturated rings. The molecule has 0 radical (unpaired) electrons. The number of hydrogen-bond donors (Lipinski definition) is 2. The van der Waals surface area contributed by atoms with Gasteiger partial charge in [-0.05, 0) is 37.8 Å². The number of primary amides is 1. The first-order valence-corrected chi connectivity index (χ1v) is 8.94. The Morgan fingerprint density at radius 2 is 2.21 bits per heavy atom. The lowest BCUT2D eigenvalue weighted by Crippen LogP contribution is -2.47. The van der Waals surface area contributed by atoms with Crippen LogP contribution in [-0.2, 0) is 11.3 Å². The molecule has 28 heavy (non-hydrogen) atoms. The summed E-state index contributed by atoms with van der Waals surface area (Å²) in [6, 6.07) is 3.78. The predicted molar refractivity (Wildman–Crippen MR) is 111 cm³/mol. The first kappa shape index (κ1) is 24.3. The number of aliphatic imine (C=N–C) groups is 1. The van der Waals surface area contributed by atoms with Gasteiger partial charge in [0.25, 0.3) is 0 Å². The fourth-order valence-corrected chi connectivity index (χ4v) is 3.19. The van der Waals surface area contributed by atoms with Crippen LogP contribution in [0.5, 0.6) is 5.75 Å². The molecule has 3 N–H and O–H groups in total. The van der Waals surface area contributed by atoms with E-state index in [1.54, 1.807) is 0 Å². The lowest BCUT2D eigenvalue weighted by atomic mass is 9.95. The normalized spacial score (nSPS) is 17.2. The fourth-order valence-electron chi connectivity index (χ4n) is 3.19. The third kappa shape index (κ3) is 7.36. The zero-order valence-electron chi connectivity index (χ0n) is 15.7. The highest BCUT2D eigenvalue weighted by Gasteiger charge is 2.24. The number of nitrogens with two attached hydrogens (primary N) is 1. The Hall–Kier alpha value is -1.72. The van der Waals surface area contributed by atoms with Gasteiger partial charge in [-0.1, -0.05) is 6.07 Å². The van der Waals surface area contributed by atoms with Crippen LogP contribution in [0, 0.1) is 11.7 Å². The smallest absolute Gasteiger partial charge is 0.387 e. The number of hydrogen-bond acceptors (Lipinski definition) is 3. The van der Waals surface area contributed by atoms with E-state index in [-0.39, 0.29) is 53.7 Å². The molecule has 1 unspecified atom stereocenters. The van der Waals surface area contributed by atoms with Crippen molar-refractivity contribution < 1.29 is 22.7 Å². The average Bonchev–Trinajstić information content (AvgIpc) is 2.59. The van der Waals surface area contributed by atoms with Crippen molar-refractivity contribution in [3.8, 4) is 5.75 Å². The third-order valence-electron chi connectivity index (χ3n) is 4.32. The highest BCUT2D eigenvalue weighted by Crippen LogP contribution is 2.25. The summed E-state index contributed by atoms with van der Waals surface area (Å²) in [6.45, 7) is 0.640. The van der Waals surface area contributed by atoms with Crippen LogP contribution in [0.2, 0.25) is 0 Å². The van der Waals surface area contributed by atoms with Crippen LogP contribution in [0.3, 0.4) is 0 Å². The van der Waals surface area contributed by atoms with Crippen LogP contribution in [0.1, 0.15) is 31.7 Å². The molecule has 1 amide bonds. The van der Waals surface area contributed by atoms with E-state index in [1.807, 2.05) is 11.8 Å². The molecule has 1 heterocycles. The second-order valence-corrected chi connectivity index (χ2v) is 6.39. The summed E-state index contributed by atoms with van der Waals surface area (Å²) in [7, 11) is 0. The lowest BCUT2D eigenvalue weighted by molar-refractivity contribution is -0.119. The van der Waals surface area contributed by atoms with Gasteiger partial charge in [0.15, 0.2) is 5.96 Å². The highest BCUT2D eigenvalue weighted by atomic mass is 127. The van der Waals surface area contributed by atoms with Crippen LogP contribution in [0.4, 0.5) is 13.2 Å². The Morgan fingerprint density at radius 1 is 1.46 bits per heavy atom. The van der Waals surface area contributed by atoms with Gasteiger partial charge in [-0.3, -0.25) is 4.79 Å². The topological polar surface area (TPSA) is 80.0 Å². The molecule has 6 nitrogen and oxygen atoms in total. The van der Waals surface area contributed by atoms with E-state index in [1.165, 1.54) is 18.2 Å². The van der Waals surface area contributed by atoms with Crippen molar-refractivity contribution in [2.45, 2.75) is 39.3 Å². The van der Waals surface area contributed by atoms with Gasteiger partial charge in [0, 0.05) is 26.1 Å². The van der Waals surface area contributed by atoms with E-state index in [2.05, 4.69) is 15.0 Å². The van der Waals surface area contributed by atoms with Crippen LogP contribution in [-0.4, -0.2) is 43.0 Å². The molecule has 0 aliphatic carbocycles. The van der Waals surface area contributed by atoms with Gasteiger partial charge < -0.3 is 20.7 Å². The van der Waals surface area contributed by atoms with Crippen molar-refractivity contribution in [1.82, 2.24) is 10.2 Å². The molecule has 1 aliphatic rings. The number of likely N-dealkylation sites (tertiary alicyclic amines) is 1. The number of carbonyl (C=O) groups excluding carboxylic acids is 1. The van der Waals surface area contributed by atoms with Crippen LogP contribution >= 0.6 is 24.0 Å². The standard InChI is InChI=1S/C18H25F3N4O2.HI/c1-2-23-18(25-8-4-5-12(11-25)9-16(22)26)24-10-13-14(19)6-3-7-15(13)27-17(20)21;/h3,6-7,12,17H,2,4-5,8-11H2,1H3,(H2,22,26)(H,23,24);1H. The van der Waals surface area contributed by atoms with Gasteiger partial charge in [0.05, 0.1) is 12.1 Å². The molecular formula is C18H26F3IN4O2. The van der Waals surface area contributed by atoms with Crippen LogP contribution in [0.15, 0.2) is 23.2 Å². The fraction of sp³-hybridized carbons (Fsp3) is 0.556. The van der Waals surface area contributed by atoms with Crippen molar-refractivity contribution in [1.29, 1.82) is 0 Å². The lowest BCUT2D eigenvalue weighted by Gasteiger charge is -2.34. The molecule has 158 valence electrons. The third-order valence-corrected chi connectivity index (χ3v) is 4.32. The van der Waals surface area contributed by atoms with Crippen molar-refractivity contribution in [2.75, 3.05) is 19.6 Å². The van der Waals surface area contributed by atoms with E-state index in [0.29, 0.717) is 25.5 Å². The molecule has 10 heteroatoms. The molecule has 1 saturated heterocycles. The molecule has 2 rings (SSSR count). The molecule has 0 bridgehead atoms. The number of benzene rings is 1. The summed E-state index contributed by atoms with van der Waals surface area (Å²) in [5, 5.41) is 3.12. The molecule has 1 aromatic rings. The van der Waals surface area contributed by atoms with Crippen LogP contribution < -0.4 is 15.8 Å². The molecule has 1 aromatic carbocycles. The van der Waals surface area contributed by atoms with Crippen molar-refractivity contribution in [3.05, 3.63) is 29.6 Å². The van der Waals surface area contributed by atoms with E-state index in [4.69, 9.17) is 5.73 Å².